The zero-order valence-corrected chi connectivity index (χ0v) is 11.5. The molecule has 0 spiro atoms. The molecule has 1 amide bonds. The quantitative estimate of drug-likeness (QED) is 0.615. The van der Waals surface area contributed by atoms with Crippen LogP contribution in [0.25, 0.3) is 0 Å². The number of non-ortho nitro benzene ring substituents is 1. The van der Waals surface area contributed by atoms with E-state index in [9.17, 15) is 19.3 Å². The highest BCUT2D eigenvalue weighted by Crippen LogP contribution is 2.21. The van der Waals surface area contributed by atoms with E-state index >= 15 is 0 Å². The summed E-state index contributed by atoms with van der Waals surface area (Å²) in [5, 5.41) is 13.3. The first-order valence-electron chi connectivity index (χ1n) is 6.36. The molecular weight excluding hydrogens is 265 g/mol. The molecule has 1 aromatic carbocycles. The summed E-state index contributed by atoms with van der Waals surface area (Å²) in [5.74, 6) is -1.43. The van der Waals surface area contributed by atoms with E-state index in [0.717, 1.165) is 18.6 Å². The standard InChI is InChI=1S/C13H18FN3O3/c1-3-4-9(7-15)16-13(18)11-6-10(17(19)20)5-8(2)12(11)14/h5-6,9H,3-4,7,15H2,1-2H3,(H,16,18). The van der Waals surface area contributed by atoms with Crippen molar-refractivity contribution in [3.63, 3.8) is 0 Å². The molecule has 7 heteroatoms. The van der Waals surface area contributed by atoms with Crippen molar-refractivity contribution in [2.75, 3.05) is 6.54 Å². The van der Waals surface area contributed by atoms with Crippen LogP contribution in [0.2, 0.25) is 0 Å². The fourth-order valence-electron chi connectivity index (χ4n) is 1.88. The Morgan fingerprint density at radius 1 is 1.55 bits per heavy atom. The smallest absolute Gasteiger partial charge is 0.270 e. The minimum absolute atomic E-state index is 0.0594. The predicted molar refractivity (Wildman–Crippen MR) is 73.0 cm³/mol. The Balaban J connectivity index is 3.05. The number of nitrogens with one attached hydrogen (secondary N) is 1. The normalized spacial score (nSPS) is 12.0. The van der Waals surface area contributed by atoms with Gasteiger partial charge in [-0.1, -0.05) is 13.3 Å². The molecule has 0 fully saturated rings. The van der Waals surface area contributed by atoms with Crippen LogP contribution in [0, 0.1) is 22.9 Å². The molecule has 0 radical (unpaired) electrons. The van der Waals surface area contributed by atoms with E-state index in [1.807, 2.05) is 6.92 Å². The summed E-state index contributed by atoms with van der Waals surface area (Å²) in [5.41, 5.74) is 4.94. The Labute approximate surface area is 116 Å². The highest BCUT2D eigenvalue weighted by Gasteiger charge is 2.21. The first-order chi connectivity index (χ1) is 9.40. The van der Waals surface area contributed by atoms with Gasteiger partial charge in [-0.3, -0.25) is 14.9 Å². The first kappa shape index (κ1) is 16.0. The molecule has 6 nitrogen and oxygen atoms in total. The Hall–Kier alpha value is -2.02. The Kier molecular flexibility index (Phi) is 5.57. The molecule has 0 aliphatic carbocycles. The van der Waals surface area contributed by atoms with Crippen molar-refractivity contribution in [3.05, 3.63) is 39.2 Å². The number of amides is 1. The summed E-state index contributed by atoms with van der Waals surface area (Å²) in [6.07, 6.45) is 1.48. The maximum absolute atomic E-state index is 13.9. The minimum atomic E-state index is -0.750. The number of carbonyl (C=O) groups is 1. The second kappa shape index (κ2) is 6.95. The predicted octanol–water partition coefficient (Wildman–Crippen LogP) is 1.90. The van der Waals surface area contributed by atoms with Crippen molar-refractivity contribution in [1.29, 1.82) is 0 Å². The fourth-order valence-corrected chi connectivity index (χ4v) is 1.88. The molecule has 0 aromatic heterocycles. The zero-order valence-electron chi connectivity index (χ0n) is 11.5. The molecule has 1 aromatic rings. The molecule has 1 atom stereocenters. The molecule has 1 rings (SSSR count). The fraction of sp³-hybridized carbons (Fsp3) is 0.462. The Morgan fingerprint density at radius 3 is 2.70 bits per heavy atom. The summed E-state index contributed by atoms with van der Waals surface area (Å²) >= 11 is 0. The molecule has 1 unspecified atom stereocenters. The molecular formula is C13H18FN3O3. The number of nitro groups is 1. The van der Waals surface area contributed by atoms with Gasteiger partial charge < -0.3 is 11.1 Å². The molecule has 0 heterocycles. The van der Waals surface area contributed by atoms with Crippen molar-refractivity contribution in [2.45, 2.75) is 32.7 Å². The third kappa shape index (κ3) is 3.74. The number of nitrogens with two attached hydrogens (primary N) is 1. The van der Waals surface area contributed by atoms with Crippen LogP contribution in [0.4, 0.5) is 10.1 Å². The number of aryl methyl sites for hydroxylation is 1. The maximum Gasteiger partial charge on any atom is 0.270 e. The number of halogens is 1. The second-order valence-corrected chi connectivity index (χ2v) is 4.58. The van der Waals surface area contributed by atoms with Crippen molar-refractivity contribution in [3.8, 4) is 0 Å². The third-order valence-corrected chi connectivity index (χ3v) is 2.95. The van der Waals surface area contributed by atoms with Crippen LogP contribution in [-0.4, -0.2) is 23.4 Å². The largest absolute Gasteiger partial charge is 0.348 e. The number of hydrogen-bond acceptors (Lipinski definition) is 4. The van der Waals surface area contributed by atoms with Crippen LogP contribution in [0.5, 0.6) is 0 Å². The van der Waals surface area contributed by atoms with Gasteiger partial charge in [0.15, 0.2) is 0 Å². The van der Waals surface area contributed by atoms with E-state index in [1.54, 1.807) is 0 Å². The van der Waals surface area contributed by atoms with Crippen LogP contribution in [0.1, 0.15) is 35.7 Å². The van der Waals surface area contributed by atoms with Crippen molar-refractivity contribution >= 4 is 11.6 Å². The average molecular weight is 283 g/mol. The minimum Gasteiger partial charge on any atom is -0.348 e. The molecule has 0 bridgehead atoms. The van der Waals surface area contributed by atoms with Crippen molar-refractivity contribution in [2.24, 2.45) is 5.73 Å². The lowest BCUT2D eigenvalue weighted by Gasteiger charge is -2.16. The van der Waals surface area contributed by atoms with E-state index in [0.29, 0.717) is 6.42 Å². The first-order valence-corrected chi connectivity index (χ1v) is 6.36. The van der Waals surface area contributed by atoms with Crippen LogP contribution < -0.4 is 11.1 Å². The van der Waals surface area contributed by atoms with Gasteiger partial charge in [0.25, 0.3) is 11.6 Å². The van der Waals surface area contributed by atoms with E-state index in [2.05, 4.69) is 5.32 Å². The van der Waals surface area contributed by atoms with Crippen LogP contribution in [-0.2, 0) is 0 Å². The number of hydrogen-bond donors (Lipinski definition) is 2. The summed E-state index contributed by atoms with van der Waals surface area (Å²) in [6, 6.07) is 1.77. The molecule has 110 valence electrons. The van der Waals surface area contributed by atoms with Gasteiger partial charge in [0.05, 0.1) is 10.5 Å². The van der Waals surface area contributed by atoms with E-state index in [1.165, 1.54) is 6.92 Å². The second-order valence-electron chi connectivity index (χ2n) is 4.58. The van der Waals surface area contributed by atoms with Gasteiger partial charge in [-0.15, -0.1) is 0 Å². The molecule has 0 saturated carbocycles. The number of rotatable bonds is 6. The number of benzene rings is 1. The van der Waals surface area contributed by atoms with Crippen LogP contribution in [0.15, 0.2) is 12.1 Å². The van der Waals surface area contributed by atoms with Crippen molar-refractivity contribution < 1.29 is 14.1 Å². The number of carbonyl (C=O) groups excluding carboxylic acids is 1. The Morgan fingerprint density at radius 2 is 2.20 bits per heavy atom. The highest BCUT2D eigenvalue weighted by molar-refractivity contribution is 5.95. The summed E-state index contributed by atoms with van der Waals surface area (Å²) in [4.78, 5) is 22.1. The van der Waals surface area contributed by atoms with Gasteiger partial charge in [0.1, 0.15) is 5.82 Å². The molecule has 0 saturated heterocycles. The highest BCUT2D eigenvalue weighted by atomic mass is 19.1. The maximum atomic E-state index is 13.9. The topological polar surface area (TPSA) is 98.3 Å². The molecule has 0 aliphatic heterocycles. The Bertz CT molecular complexity index is 520. The van der Waals surface area contributed by atoms with Gasteiger partial charge in [0.2, 0.25) is 0 Å². The molecule has 3 N–H and O–H groups in total. The zero-order chi connectivity index (χ0) is 15.3. The molecule has 20 heavy (non-hydrogen) atoms. The van der Waals surface area contributed by atoms with Crippen LogP contribution in [0.3, 0.4) is 0 Å². The van der Waals surface area contributed by atoms with Gasteiger partial charge in [-0.05, 0) is 18.9 Å². The van der Waals surface area contributed by atoms with E-state index in [4.69, 9.17) is 5.73 Å². The summed E-state index contributed by atoms with van der Waals surface area (Å²) < 4.78 is 13.9. The lowest BCUT2D eigenvalue weighted by molar-refractivity contribution is -0.385. The summed E-state index contributed by atoms with van der Waals surface area (Å²) in [6.45, 7) is 3.55. The molecule has 0 aliphatic rings. The lowest BCUT2D eigenvalue weighted by Crippen LogP contribution is -2.40. The van der Waals surface area contributed by atoms with Gasteiger partial charge >= 0.3 is 0 Å². The van der Waals surface area contributed by atoms with Gasteiger partial charge in [-0.25, -0.2) is 4.39 Å². The van der Waals surface area contributed by atoms with Crippen molar-refractivity contribution in [1.82, 2.24) is 5.32 Å². The SMILES string of the molecule is CCCC(CN)NC(=O)c1cc([N+](=O)[O-])cc(C)c1F. The van der Waals surface area contributed by atoms with E-state index < -0.39 is 16.6 Å². The van der Waals surface area contributed by atoms with Gasteiger partial charge in [-0.2, -0.15) is 0 Å². The van der Waals surface area contributed by atoms with E-state index in [-0.39, 0.29) is 29.4 Å². The lowest BCUT2D eigenvalue weighted by atomic mass is 10.1. The number of nitro benzene ring substituents is 1. The number of nitrogens with zero attached hydrogens (tertiary/aromatic N) is 1. The third-order valence-electron chi connectivity index (χ3n) is 2.95. The van der Waals surface area contributed by atoms with Gasteiger partial charge in [0, 0.05) is 24.7 Å². The summed E-state index contributed by atoms with van der Waals surface area (Å²) in [7, 11) is 0. The monoisotopic (exact) mass is 283 g/mol. The average Bonchev–Trinajstić information content (AvgIpc) is 2.40. The van der Waals surface area contributed by atoms with Crippen LogP contribution >= 0.6 is 0 Å².